The number of likely N-dealkylation sites (N-methyl/N-ethyl adjacent to an activating group) is 1. The third kappa shape index (κ3) is 2.96. The van der Waals surface area contributed by atoms with E-state index in [0.717, 1.165) is 32.7 Å². The lowest BCUT2D eigenvalue weighted by Crippen LogP contribution is -2.39. The SMILES string of the molecule is CCNC1CCN(CCOCC)C1=O. The first-order valence-electron chi connectivity index (χ1n) is 5.39. The van der Waals surface area contributed by atoms with Crippen molar-refractivity contribution < 1.29 is 9.53 Å². The summed E-state index contributed by atoms with van der Waals surface area (Å²) in [6.45, 7) is 7.82. The summed E-state index contributed by atoms with van der Waals surface area (Å²) in [5.41, 5.74) is 0. The molecule has 1 atom stereocenters. The molecule has 0 aromatic carbocycles. The molecule has 1 amide bonds. The van der Waals surface area contributed by atoms with Gasteiger partial charge in [0, 0.05) is 19.7 Å². The van der Waals surface area contributed by atoms with E-state index in [1.54, 1.807) is 0 Å². The molecule has 14 heavy (non-hydrogen) atoms. The summed E-state index contributed by atoms with van der Waals surface area (Å²) in [6.07, 6.45) is 0.929. The second-order valence-electron chi connectivity index (χ2n) is 3.42. The van der Waals surface area contributed by atoms with E-state index < -0.39 is 0 Å². The molecule has 1 N–H and O–H groups in total. The minimum atomic E-state index is 0.0432. The number of ether oxygens (including phenoxy) is 1. The van der Waals surface area contributed by atoms with Gasteiger partial charge in [-0.15, -0.1) is 0 Å². The smallest absolute Gasteiger partial charge is 0.239 e. The summed E-state index contributed by atoms with van der Waals surface area (Å²) in [5, 5.41) is 3.18. The molecule has 1 unspecified atom stereocenters. The lowest BCUT2D eigenvalue weighted by molar-refractivity contribution is -0.130. The summed E-state index contributed by atoms with van der Waals surface area (Å²) < 4.78 is 5.22. The van der Waals surface area contributed by atoms with Gasteiger partial charge < -0.3 is 15.0 Å². The molecular weight excluding hydrogens is 180 g/mol. The standard InChI is InChI=1S/C10H20N2O2/c1-3-11-9-5-6-12(10(9)13)7-8-14-4-2/h9,11H,3-8H2,1-2H3. The zero-order chi connectivity index (χ0) is 10.4. The summed E-state index contributed by atoms with van der Waals surface area (Å²) in [7, 11) is 0. The number of hydrogen-bond donors (Lipinski definition) is 1. The Morgan fingerprint density at radius 1 is 1.57 bits per heavy atom. The van der Waals surface area contributed by atoms with Crippen LogP contribution in [0.1, 0.15) is 20.3 Å². The zero-order valence-electron chi connectivity index (χ0n) is 9.08. The normalized spacial score (nSPS) is 22.0. The summed E-state index contributed by atoms with van der Waals surface area (Å²) in [4.78, 5) is 13.6. The summed E-state index contributed by atoms with van der Waals surface area (Å²) in [6, 6.07) is 0.0432. The van der Waals surface area contributed by atoms with Gasteiger partial charge in [-0.05, 0) is 19.9 Å². The van der Waals surface area contributed by atoms with E-state index >= 15 is 0 Å². The molecule has 4 heteroatoms. The van der Waals surface area contributed by atoms with Crippen LogP contribution in [0.4, 0.5) is 0 Å². The zero-order valence-corrected chi connectivity index (χ0v) is 9.08. The van der Waals surface area contributed by atoms with E-state index in [4.69, 9.17) is 4.74 Å². The molecule has 0 aromatic rings. The van der Waals surface area contributed by atoms with Crippen molar-refractivity contribution in [2.45, 2.75) is 26.3 Å². The molecular formula is C10H20N2O2. The number of likely N-dealkylation sites (tertiary alicyclic amines) is 1. The topological polar surface area (TPSA) is 41.6 Å². The Morgan fingerprint density at radius 3 is 3.00 bits per heavy atom. The molecule has 0 radical (unpaired) electrons. The Balaban J connectivity index is 2.25. The average Bonchev–Trinajstić information content (AvgIpc) is 2.51. The van der Waals surface area contributed by atoms with E-state index in [2.05, 4.69) is 5.32 Å². The maximum absolute atomic E-state index is 11.7. The van der Waals surface area contributed by atoms with Crippen molar-refractivity contribution in [1.82, 2.24) is 10.2 Å². The lowest BCUT2D eigenvalue weighted by atomic mass is 10.2. The third-order valence-corrected chi connectivity index (χ3v) is 2.46. The van der Waals surface area contributed by atoms with E-state index in [-0.39, 0.29) is 11.9 Å². The van der Waals surface area contributed by atoms with Crippen molar-refractivity contribution in [2.24, 2.45) is 0 Å². The summed E-state index contributed by atoms with van der Waals surface area (Å²) in [5.74, 6) is 0.228. The van der Waals surface area contributed by atoms with Gasteiger partial charge in [0.25, 0.3) is 0 Å². The quantitative estimate of drug-likeness (QED) is 0.624. The van der Waals surface area contributed by atoms with Gasteiger partial charge in [0.2, 0.25) is 5.91 Å². The first-order valence-corrected chi connectivity index (χ1v) is 5.39. The van der Waals surface area contributed by atoms with Gasteiger partial charge in [-0.2, -0.15) is 0 Å². The molecule has 1 aliphatic rings. The van der Waals surface area contributed by atoms with Gasteiger partial charge in [-0.3, -0.25) is 4.79 Å². The number of carbonyl (C=O) groups excluding carboxylic acids is 1. The Labute approximate surface area is 85.6 Å². The number of nitrogens with zero attached hydrogens (tertiary/aromatic N) is 1. The molecule has 1 rings (SSSR count). The first-order chi connectivity index (χ1) is 6.79. The van der Waals surface area contributed by atoms with Crippen LogP contribution in [0, 0.1) is 0 Å². The van der Waals surface area contributed by atoms with E-state index in [9.17, 15) is 4.79 Å². The van der Waals surface area contributed by atoms with Crippen molar-refractivity contribution in [1.29, 1.82) is 0 Å². The highest BCUT2D eigenvalue weighted by molar-refractivity contribution is 5.83. The van der Waals surface area contributed by atoms with Crippen molar-refractivity contribution >= 4 is 5.91 Å². The number of amides is 1. The molecule has 0 aliphatic carbocycles. The van der Waals surface area contributed by atoms with Gasteiger partial charge in [0.1, 0.15) is 0 Å². The molecule has 0 saturated carbocycles. The molecule has 0 bridgehead atoms. The van der Waals surface area contributed by atoms with Crippen LogP contribution in [0.5, 0.6) is 0 Å². The van der Waals surface area contributed by atoms with Crippen LogP contribution in [0.3, 0.4) is 0 Å². The highest BCUT2D eigenvalue weighted by atomic mass is 16.5. The van der Waals surface area contributed by atoms with Gasteiger partial charge in [-0.25, -0.2) is 0 Å². The van der Waals surface area contributed by atoms with Crippen LogP contribution in [0.25, 0.3) is 0 Å². The number of hydrogen-bond acceptors (Lipinski definition) is 3. The second kappa shape index (κ2) is 5.98. The lowest BCUT2D eigenvalue weighted by Gasteiger charge is -2.16. The fraction of sp³-hybridized carbons (Fsp3) is 0.900. The number of nitrogens with one attached hydrogen (secondary N) is 1. The fourth-order valence-corrected chi connectivity index (χ4v) is 1.72. The van der Waals surface area contributed by atoms with Crippen molar-refractivity contribution in [2.75, 3.05) is 32.8 Å². The predicted molar refractivity (Wildman–Crippen MR) is 55.2 cm³/mol. The molecule has 0 aromatic heterocycles. The van der Waals surface area contributed by atoms with Gasteiger partial charge in [0.15, 0.2) is 0 Å². The van der Waals surface area contributed by atoms with Crippen LogP contribution in [-0.4, -0.2) is 49.7 Å². The minimum absolute atomic E-state index is 0.0432. The molecule has 82 valence electrons. The fourth-order valence-electron chi connectivity index (χ4n) is 1.72. The van der Waals surface area contributed by atoms with Crippen LogP contribution >= 0.6 is 0 Å². The molecule has 1 fully saturated rings. The minimum Gasteiger partial charge on any atom is -0.380 e. The monoisotopic (exact) mass is 200 g/mol. The Morgan fingerprint density at radius 2 is 2.36 bits per heavy atom. The van der Waals surface area contributed by atoms with Crippen molar-refractivity contribution in [3.8, 4) is 0 Å². The van der Waals surface area contributed by atoms with E-state index in [1.165, 1.54) is 0 Å². The third-order valence-electron chi connectivity index (χ3n) is 2.46. The largest absolute Gasteiger partial charge is 0.380 e. The molecule has 1 saturated heterocycles. The Kier molecular flexibility index (Phi) is 4.90. The Hall–Kier alpha value is -0.610. The van der Waals surface area contributed by atoms with Crippen molar-refractivity contribution in [3.05, 3.63) is 0 Å². The van der Waals surface area contributed by atoms with E-state index in [1.807, 2.05) is 18.7 Å². The molecule has 1 heterocycles. The predicted octanol–water partition coefficient (Wildman–Crippen LogP) is 0.233. The maximum Gasteiger partial charge on any atom is 0.239 e. The van der Waals surface area contributed by atoms with Crippen LogP contribution in [-0.2, 0) is 9.53 Å². The average molecular weight is 200 g/mol. The van der Waals surface area contributed by atoms with Gasteiger partial charge in [0.05, 0.1) is 12.6 Å². The van der Waals surface area contributed by atoms with E-state index in [0.29, 0.717) is 6.61 Å². The van der Waals surface area contributed by atoms with Gasteiger partial charge >= 0.3 is 0 Å². The second-order valence-corrected chi connectivity index (χ2v) is 3.42. The Bertz CT molecular complexity index is 185. The summed E-state index contributed by atoms with van der Waals surface area (Å²) >= 11 is 0. The maximum atomic E-state index is 11.7. The molecule has 1 aliphatic heterocycles. The van der Waals surface area contributed by atoms with Crippen molar-refractivity contribution in [3.63, 3.8) is 0 Å². The van der Waals surface area contributed by atoms with Crippen LogP contribution in [0.15, 0.2) is 0 Å². The number of rotatable bonds is 6. The van der Waals surface area contributed by atoms with Crippen LogP contribution in [0.2, 0.25) is 0 Å². The van der Waals surface area contributed by atoms with Gasteiger partial charge in [-0.1, -0.05) is 6.92 Å². The number of carbonyl (C=O) groups is 1. The highest BCUT2D eigenvalue weighted by Crippen LogP contribution is 2.10. The molecule has 4 nitrogen and oxygen atoms in total. The first kappa shape index (κ1) is 11.5. The molecule has 0 spiro atoms. The van der Waals surface area contributed by atoms with Crippen LogP contribution < -0.4 is 5.32 Å². The highest BCUT2D eigenvalue weighted by Gasteiger charge is 2.29.